The number of nitrogens with zero attached hydrogens (tertiary/aromatic N) is 3. The number of anilines is 1. The zero-order chi connectivity index (χ0) is 24.0. The van der Waals surface area contributed by atoms with Gasteiger partial charge in [0.25, 0.3) is 0 Å². The van der Waals surface area contributed by atoms with Crippen LogP contribution in [0.3, 0.4) is 0 Å². The Bertz CT molecular complexity index is 1270. The summed E-state index contributed by atoms with van der Waals surface area (Å²) in [7, 11) is 0. The quantitative estimate of drug-likeness (QED) is 0.302. The molecule has 1 aliphatic carbocycles. The molecular weight excluding hydrogens is 442 g/mol. The van der Waals surface area contributed by atoms with E-state index in [0.29, 0.717) is 29.7 Å². The second kappa shape index (κ2) is 8.68. The molecular formula is C23H23N5O6. The molecule has 11 nitrogen and oxygen atoms in total. The van der Waals surface area contributed by atoms with Gasteiger partial charge in [0.05, 0.1) is 18.5 Å². The first kappa shape index (κ1) is 22.3. The summed E-state index contributed by atoms with van der Waals surface area (Å²) >= 11 is 0. The molecule has 5 rings (SSSR count). The number of H-pyrrole nitrogens is 1. The molecule has 0 bridgehead atoms. The summed E-state index contributed by atoms with van der Waals surface area (Å²) in [6.45, 7) is -0.577. The standard InChI is InChI=1S/C23H23N5O6/c24-7-12-17(11-5-6-14-13(8-26-28-14)18(11)27-22(12)25)10-3-1-2-4-15(10)33-23-21(32)20(31)19(30)16(9-29)34-23/h1-4,8,16,19-21,23,29-32H,5-6,9H2,(H2,25,27)(H,26,28)/t16?,19-,20-,21-,23+/m0/s1. The van der Waals surface area contributed by atoms with Gasteiger partial charge in [0.1, 0.15) is 47.6 Å². The number of fused-ring (bicyclic) bond motifs is 3. The van der Waals surface area contributed by atoms with Crippen molar-refractivity contribution < 1.29 is 29.9 Å². The van der Waals surface area contributed by atoms with E-state index in [9.17, 15) is 25.7 Å². The number of aliphatic hydroxyl groups is 4. The fourth-order valence-corrected chi connectivity index (χ4v) is 4.54. The molecule has 0 amide bonds. The zero-order valence-electron chi connectivity index (χ0n) is 17.9. The number of hydrogen-bond donors (Lipinski definition) is 6. The molecule has 3 heterocycles. The van der Waals surface area contributed by atoms with Gasteiger partial charge in [0.15, 0.2) is 0 Å². The van der Waals surface area contributed by atoms with Gasteiger partial charge in [-0.15, -0.1) is 0 Å². The van der Waals surface area contributed by atoms with Gasteiger partial charge in [0, 0.05) is 22.4 Å². The Morgan fingerprint density at radius 1 is 1.15 bits per heavy atom. The number of para-hydroxylation sites is 1. The van der Waals surface area contributed by atoms with E-state index < -0.39 is 37.3 Å². The van der Waals surface area contributed by atoms with E-state index in [1.807, 2.05) is 0 Å². The van der Waals surface area contributed by atoms with Crippen molar-refractivity contribution in [3.05, 3.63) is 47.3 Å². The highest BCUT2D eigenvalue weighted by atomic mass is 16.7. The third kappa shape index (κ3) is 3.49. The van der Waals surface area contributed by atoms with Crippen LogP contribution in [-0.4, -0.2) is 72.9 Å². The molecule has 2 aliphatic rings. The number of nitrogens with one attached hydrogen (secondary N) is 1. The minimum atomic E-state index is -1.58. The van der Waals surface area contributed by atoms with Crippen LogP contribution in [0.4, 0.5) is 5.82 Å². The Hall–Kier alpha value is -3.53. The van der Waals surface area contributed by atoms with Gasteiger partial charge < -0.3 is 35.6 Å². The lowest BCUT2D eigenvalue weighted by atomic mass is 9.85. The lowest BCUT2D eigenvalue weighted by molar-refractivity contribution is -0.277. The van der Waals surface area contributed by atoms with Crippen molar-refractivity contribution in [3.8, 4) is 34.2 Å². The number of aliphatic hydroxyl groups excluding tert-OH is 4. The molecule has 5 atom stereocenters. The van der Waals surface area contributed by atoms with Crippen LogP contribution in [0.1, 0.15) is 16.8 Å². The summed E-state index contributed by atoms with van der Waals surface area (Å²) < 4.78 is 11.5. The fourth-order valence-electron chi connectivity index (χ4n) is 4.54. The van der Waals surface area contributed by atoms with Crippen LogP contribution in [0.25, 0.3) is 22.4 Å². The number of benzene rings is 1. The Balaban J connectivity index is 1.62. The summed E-state index contributed by atoms with van der Waals surface area (Å²) in [5.41, 5.74) is 10.6. The summed E-state index contributed by atoms with van der Waals surface area (Å²) in [6.07, 6.45) is -4.24. The molecule has 34 heavy (non-hydrogen) atoms. The van der Waals surface area contributed by atoms with E-state index in [-0.39, 0.29) is 17.1 Å². The molecule has 11 heteroatoms. The molecule has 1 aliphatic heterocycles. The monoisotopic (exact) mass is 465 g/mol. The normalized spacial score (nSPS) is 25.8. The second-order valence-electron chi connectivity index (χ2n) is 8.26. The second-order valence-corrected chi connectivity index (χ2v) is 8.26. The van der Waals surface area contributed by atoms with Gasteiger partial charge >= 0.3 is 0 Å². The predicted octanol–water partition coefficient (Wildman–Crippen LogP) is -0.130. The van der Waals surface area contributed by atoms with Gasteiger partial charge in [-0.2, -0.15) is 10.4 Å². The van der Waals surface area contributed by atoms with Crippen LogP contribution in [0.5, 0.6) is 5.75 Å². The number of hydrogen-bond acceptors (Lipinski definition) is 10. The lowest BCUT2D eigenvalue weighted by Crippen LogP contribution is -2.60. The predicted molar refractivity (Wildman–Crippen MR) is 118 cm³/mol. The van der Waals surface area contributed by atoms with Crippen LogP contribution < -0.4 is 10.5 Å². The van der Waals surface area contributed by atoms with Crippen LogP contribution in [0.15, 0.2) is 30.5 Å². The molecule has 7 N–H and O–H groups in total. The van der Waals surface area contributed by atoms with E-state index in [4.69, 9.17) is 15.2 Å². The average Bonchev–Trinajstić information content (AvgIpc) is 3.33. The van der Waals surface area contributed by atoms with Crippen molar-refractivity contribution in [1.82, 2.24) is 15.2 Å². The van der Waals surface area contributed by atoms with Crippen molar-refractivity contribution in [2.24, 2.45) is 0 Å². The zero-order valence-corrected chi connectivity index (χ0v) is 17.9. The van der Waals surface area contributed by atoms with Crippen LogP contribution in [0, 0.1) is 11.3 Å². The van der Waals surface area contributed by atoms with Crippen molar-refractivity contribution >= 4 is 5.82 Å². The van der Waals surface area contributed by atoms with E-state index in [1.165, 1.54) is 0 Å². The number of aromatic nitrogens is 3. The molecule has 3 aromatic rings. The fraction of sp³-hybridized carbons (Fsp3) is 0.348. The number of pyridine rings is 1. The van der Waals surface area contributed by atoms with Crippen LogP contribution >= 0.6 is 0 Å². The molecule has 0 spiro atoms. The molecule has 1 saturated heterocycles. The number of aryl methyl sites for hydroxylation is 1. The molecule has 1 fully saturated rings. The highest BCUT2D eigenvalue weighted by molar-refractivity contribution is 5.88. The van der Waals surface area contributed by atoms with Gasteiger partial charge in [-0.1, -0.05) is 18.2 Å². The number of nitrogens with two attached hydrogens (primary N) is 1. The van der Waals surface area contributed by atoms with Crippen molar-refractivity contribution in [3.63, 3.8) is 0 Å². The van der Waals surface area contributed by atoms with Gasteiger partial charge in [-0.05, 0) is 24.5 Å². The first-order valence-electron chi connectivity index (χ1n) is 10.8. The summed E-state index contributed by atoms with van der Waals surface area (Å²) in [5.74, 6) is 0.321. The summed E-state index contributed by atoms with van der Waals surface area (Å²) in [6, 6.07) is 9.01. The highest BCUT2D eigenvalue weighted by Gasteiger charge is 2.45. The number of rotatable bonds is 4. The van der Waals surface area contributed by atoms with Crippen LogP contribution in [-0.2, 0) is 17.6 Å². The van der Waals surface area contributed by atoms with E-state index >= 15 is 0 Å². The minimum Gasteiger partial charge on any atom is -0.461 e. The number of nitrogen functional groups attached to an aromatic ring is 1. The summed E-state index contributed by atoms with van der Waals surface area (Å²) in [5, 5.41) is 57.1. The largest absolute Gasteiger partial charge is 0.461 e. The van der Waals surface area contributed by atoms with Crippen molar-refractivity contribution in [2.45, 2.75) is 43.5 Å². The smallest absolute Gasteiger partial charge is 0.229 e. The highest BCUT2D eigenvalue weighted by Crippen LogP contribution is 2.43. The first-order chi connectivity index (χ1) is 16.4. The SMILES string of the molecule is N#Cc1c(N)nc2c(c1-c1ccccc1O[C@@H]1OC(CO)[C@H](O)[C@H](O)[C@@H]1O)CCc1[nH]ncc1-2. The molecule has 1 aromatic carbocycles. The van der Waals surface area contributed by atoms with Gasteiger partial charge in [0.2, 0.25) is 6.29 Å². The van der Waals surface area contributed by atoms with Crippen LogP contribution in [0.2, 0.25) is 0 Å². The van der Waals surface area contributed by atoms with Crippen molar-refractivity contribution in [2.75, 3.05) is 12.3 Å². The lowest BCUT2D eigenvalue weighted by Gasteiger charge is -2.39. The Morgan fingerprint density at radius 2 is 1.94 bits per heavy atom. The average molecular weight is 465 g/mol. The molecule has 2 aromatic heterocycles. The molecule has 0 radical (unpaired) electrons. The molecule has 0 saturated carbocycles. The summed E-state index contributed by atoms with van der Waals surface area (Å²) in [4.78, 5) is 4.48. The van der Waals surface area contributed by atoms with E-state index in [1.54, 1.807) is 30.5 Å². The van der Waals surface area contributed by atoms with E-state index in [2.05, 4.69) is 21.3 Å². The Morgan fingerprint density at radius 3 is 2.71 bits per heavy atom. The third-order valence-electron chi connectivity index (χ3n) is 6.28. The minimum absolute atomic E-state index is 0.0629. The maximum atomic E-state index is 10.4. The topological polar surface area (TPSA) is 191 Å². The molecule has 1 unspecified atom stereocenters. The maximum absolute atomic E-state index is 10.4. The first-order valence-corrected chi connectivity index (χ1v) is 10.8. The van der Waals surface area contributed by atoms with Gasteiger partial charge in [-0.3, -0.25) is 5.10 Å². The number of nitriles is 1. The Kier molecular flexibility index (Phi) is 5.68. The number of aromatic amines is 1. The Labute approximate surface area is 194 Å². The van der Waals surface area contributed by atoms with Gasteiger partial charge in [-0.25, -0.2) is 4.98 Å². The molecule has 176 valence electrons. The van der Waals surface area contributed by atoms with Crippen molar-refractivity contribution in [1.29, 1.82) is 5.26 Å². The van der Waals surface area contributed by atoms with E-state index in [0.717, 1.165) is 16.8 Å². The maximum Gasteiger partial charge on any atom is 0.229 e. The third-order valence-corrected chi connectivity index (χ3v) is 6.28. The number of ether oxygens (including phenoxy) is 2.